The Morgan fingerprint density at radius 2 is 1.95 bits per heavy atom. The van der Waals surface area contributed by atoms with E-state index in [1.807, 2.05) is 24.9 Å². The smallest absolute Gasteiger partial charge is 0.238 e. The number of rotatable bonds is 6. The third-order valence-electron chi connectivity index (χ3n) is 3.89. The summed E-state index contributed by atoms with van der Waals surface area (Å²) in [4.78, 5) is 0.134. The molecule has 2 aromatic rings. The molecule has 1 atom stereocenters. The van der Waals surface area contributed by atoms with E-state index >= 15 is 0 Å². The summed E-state index contributed by atoms with van der Waals surface area (Å²) in [5.74, 6) is 0. The van der Waals surface area contributed by atoms with E-state index in [2.05, 4.69) is 17.3 Å². The molecule has 0 bridgehead atoms. The maximum Gasteiger partial charge on any atom is 0.238 e. The van der Waals surface area contributed by atoms with Gasteiger partial charge in [0.05, 0.1) is 11.1 Å². The minimum atomic E-state index is -3.63. The predicted octanol–water partition coefficient (Wildman–Crippen LogP) is 1.27. The van der Waals surface area contributed by atoms with Crippen LogP contribution < -0.4 is 10.5 Å². The van der Waals surface area contributed by atoms with Gasteiger partial charge in [-0.05, 0) is 50.1 Å². The summed E-state index contributed by atoms with van der Waals surface area (Å²) in [6, 6.07) is 6.77. The van der Waals surface area contributed by atoms with Crippen molar-refractivity contribution in [1.29, 1.82) is 0 Å². The van der Waals surface area contributed by atoms with Gasteiger partial charge in [0, 0.05) is 18.8 Å². The standard InChI is InChI=1S/C15H22N4O2S/c1-11(13-4-6-15(7-5-13)22(16,20)21)17-9-8-14-10-18-19(3)12(14)2/h4-7,10-11,17H,8-9H2,1-3H3,(H2,16,20,21)/t11-/m1/s1. The van der Waals surface area contributed by atoms with Crippen LogP contribution in [0.5, 0.6) is 0 Å². The summed E-state index contributed by atoms with van der Waals surface area (Å²) in [5.41, 5.74) is 3.43. The van der Waals surface area contributed by atoms with Crippen LogP contribution in [0.15, 0.2) is 35.4 Å². The fraction of sp³-hybridized carbons (Fsp3) is 0.400. The predicted molar refractivity (Wildman–Crippen MR) is 85.9 cm³/mol. The summed E-state index contributed by atoms with van der Waals surface area (Å²) in [6.07, 6.45) is 2.79. The van der Waals surface area contributed by atoms with Crippen molar-refractivity contribution in [2.24, 2.45) is 12.2 Å². The number of nitrogens with one attached hydrogen (secondary N) is 1. The van der Waals surface area contributed by atoms with Crippen molar-refractivity contribution in [3.8, 4) is 0 Å². The average molecular weight is 322 g/mol. The highest BCUT2D eigenvalue weighted by atomic mass is 32.2. The number of hydrogen-bond acceptors (Lipinski definition) is 4. The highest BCUT2D eigenvalue weighted by Gasteiger charge is 2.10. The molecule has 0 aliphatic heterocycles. The monoisotopic (exact) mass is 322 g/mol. The number of hydrogen-bond donors (Lipinski definition) is 2. The second-order valence-corrected chi connectivity index (χ2v) is 6.98. The van der Waals surface area contributed by atoms with E-state index in [-0.39, 0.29) is 10.9 Å². The Labute approximate surface area is 131 Å². The van der Waals surface area contributed by atoms with E-state index in [9.17, 15) is 8.42 Å². The highest BCUT2D eigenvalue weighted by molar-refractivity contribution is 7.89. The Hall–Kier alpha value is -1.70. The van der Waals surface area contributed by atoms with Crippen molar-refractivity contribution >= 4 is 10.0 Å². The molecule has 0 amide bonds. The molecule has 120 valence electrons. The van der Waals surface area contributed by atoms with Crippen LogP contribution >= 0.6 is 0 Å². The van der Waals surface area contributed by atoms with E-state index in [4.69, 9.17) is 5.14 Å². The molecule has 2 rings (SSSR count). The maximum atomic E-state index is 11.2. The van der Waals surface area contributed by atoms with Gasteiger partial charge in [-0.2, -0.15) is 5.10 Å². The topological polar surface area (TPSA) is 90.0 Å². The van der Waals surface area contributed by atoms with Gasteiger partial charge in [0.2, 0.25) is 10.0 Å². The van der Waals surface area contributed by atoms with Crippen molar-refractivity contribution in [1.82, 2.24) is 15.1 Å². The molecule has 0 saturated heterocycles. The molecule has 0 radical (unpaired) electrons. The Kier molecular flexibility index (Phi) is 5.00. The van der Waals surface area contributed by atoms with Gasteiger partial charge in [-0.25, -0.2) is 13.6 Å². The average Bonchev–Trinajstić information content (AvgIpc) is 2.78. The third kappa shape index (κ3) is 3.94. The van der Waals surface area contributed by atoms with Gasteiger partial charge in [0.25, 0.3) is 0 Å². The number of nitrogens with zero attached hydrogens (tertiary/aromatic N) is 2. The fourth-order valence-electron chi connectivity index (χ4n) is 2.28. The minimum Gasteiger partial charge on any atom is -0.310 e. The Bertz CT molecular complexity index is 735. The molecule has 6 nitrogen and oxygen atoms in total. The van der Waals surface area contributed by atoms with Crippen LogP contribution in [0.1, 0.15) is 29.8 Å². The van der Waals surface area contributed by atoms with E-state index in [1.165, 1.54) is 23.4 Å². The summed E-state index contributed by atoms with van der Waals surface area (Å²) >= 11 is 0. The van der Waals surface area contributed by atoms with Crippen molar-refractivity contribution in [3.63, 3.8) is 0 Å². The lowest BCUT2D eigenvalue weighted by Gasteiger charge is -2.14. The van der Waals surface area contributed by atoms with Gasteiger partial charge in [-0.1, -0.05) is 12.1 Å². The van der Waals surface area contributed by atoms with E-state index in [1.54, 1.807) is 12.1 Å². The molecule has 0 unspecified atom stereocenters. The van der Waals surface area contributed by atoms with Crippen molar-refractivity contribution < 1.29 is 8.42 Å². The first-order chi connectivity index (χ1) is 10.3. The number of nitrogens with two attached hydrogens (primary N) is 1. The van der Waals surface area contributed by atoms with Crippen LogP contribution in [0, 0.1) is 6.92 Å². The molecular formula is C15H22N4O2S. The molecule has 1 aromatic carbocycles. The Balaban J connectivity index is 1.92. The quantitative estimate of drug-likeness (QED) is 0.838. The van der Waals surface area contributed by atoms with Crippen LogP contribution in [-0.4, -0.2) is 24.7 Å². The molecule has 0 saturated carbocycles. The fourth-order valence-corrected chi connectivity index (χ4v) is 2.79. The second-order valence-electron chi connectivity index (χ2n) is 5.42. The van der Waals surface area contributed by atoms with Crippen molar-refractivity contribution in [2.45, 2.75) is 31.2 Å². The lowest BCUT2D eigenvalue weighted by molar-refractivity contribution is 0.575. The SMILES string of the molecule is Cc1c(CCN[C@H](C)c2ccc(S(N)(=O)=O)cc2)cnn1C. The molecule has 0 aliphatic carbocycles. The van der Waals surface area contributed by atoms with Gasteiger partial charge >= 0.3 is 0 Å². The zero-order valence-electron chi connectivity index (χ0n) is 13.1. The van der Waals surface area contributed by atoms with Crippen LogP contribution in [0.3, 0.4) is 0 Å². The third-order valence-corrected chi connectivity index (χ3v) is 4.82. The van der Waals surface area contributed by atoms with Gasteiger partial charge in [-0.15, -0.1) is 0 Å². The Morgan fingerprint density at radius 1 is 1.32 bits per heavy atom. The van der Waals surface area contributed by atoms with Gasteiger partial charge in [-0.3, -0.25) is 4.68 Å². The minimum absolute atomic E-state index is 0.131. The van der Waals surface area contributed by atoms with E-state index < -0.39 is 10.0 Å². The highest BCUT2D eigenvalue weighted by Crippen LogP contribution is 2.15. The summed E-state index contributed by atoms with van der Waals surface area (Å²) in [7, 11) is -1.70. The first kappa shape index (κ1) is 16.7. The largest absolute Gasteiger partial charge is 0.310 e. The summed E-state index contributed by atoms with van der Waals surface area (Å²) in [5, 5.41) is 12.7. The van der Waals surface area contributed by atoms with Gasteiger partial charge < -0.3 is 5.32 Å². The number of sulfonamides is 1. The lowest BCUT2D eigenvalue weighted by atomic mass is 10.1. The number of aromatic nitrogens is 2. The van der Waals surface area contributed by atoms with Crippen LogP contribution in [0.25, 0.3) is 0 Å². The zero-order valence-corrected chi connectivity index (χ0v) is 13.9. The molecular weight excluding hydrogens is 300 g/mol. The number of benzene rings is 1. The molecule has 0 spiro atoms. The zero-order chi connectivity index (χ0) is 16.3. The first-order valence-corrected chi connectivity index (χ1v) is 8.67. The Morgan fingerprint density at radius 3 is 2.45 bits per heavy atom. The maximum absolute atomic E-state index is 11.2. The lowest BCUT2D eigenvalue weighted by Crippen LogP contribution is -2.21. The first-order valence-electron chi connectivity index (χ1n) is 7.12. The molecule has 7 heteroatoms. The molecule has 1 heterocycles. The molecule has 0 aliphatic rings. The summed E-state index contributed by atoms with van der Waals surface area (Å²) in [6.45, 7) is 4.92. The molecule has 22 heavy (non-hydrogen) atoms. The van der Waals surface area contributed by atoms with Gasteiger partial charge in [0.1, 0.15) is 0 Å². The van der Waals surface area contributed by atoms with Crippen LogP contribution in [0.4, 0.5) is 0 Å². The van der Waals surface area contributed by atoms with Crippen LogP contribution in [-0.2, 0) is 23.5 Å². The van der Waals surface area contributed by atoms with Crippen molar-refractivity contribution in [2.75, 3.05) is 6.54 Å². The normalized spacial score (nSPS) is 13.3. The molecule has 1 aromatic heterocycles. The number of aryl methyl sites for hydroxylation is 1. The second kappa shape index (κ2) is 6.60. The van der Waals surface area contributed by atoms with Gasteiger partial charge in [0.15, 0.2) is 0 Å². The van der Waals surface area contributed by atoms with E-state index in [0.717, 1.165) is 18.5 Å². The van der Waals surface area contributed by atoms with Crippen LogP contribution in [0.2, 0.25) is 0 Å². The van der Waals surface area contributed by atoms with Crippen molar-refractivity contribution in [3.05, 3.63) is 47.3 Å². The number of primary sulfonamides is 1. The van der Waals surface area contributed by atoms with E-state index in [0.29, 0.717) is 0 Å². The molecule has 3 N–H and O–H groups in total. The molecule has 0 fully saturated rings. The summed E-state index contributed by atoms with van der Waals surface area (Å²) < 4.78 is 24.3.